The second-order valence-corrected chi connectivity index (χ2v) is 7.87. The smallest absolute Gasteiger partial charge is 0.261 e. The number of carbonyl (C=O) groups is 1. The van der Waals surface area contributed by atoms with E-state index in [4.69, 9.17) is 25.6 Å². The first-order chi connectivity index (χ1) is 15.1. The summed E-state index contributed by atoms with van der Waals surface area (Å²) >= 11 is 6.17. The normalized spacial score (nSPS) is 14.5. The van der Waals surface area contributed by atoms with Crippen LogP contribution in [0.25, 0.3) is 11.5 Å². The topological polar surface area (TPSA) is 77.7 Å². The van der Waals surface area contributed by atoms with Gasteiger partial charge in [0.05, 0.1) is 31.2 Å². The lowest BCUT2D eigenvalue weighted by Gasteiger charge is -2.30. The molecule has 4 rings (SSSR count). The van der Waals surface area contributed by atoms with Crippen LogP contribution in [0, 0.1) is 0 Å². The fourth-order valence-electron chi connectivity index (χ4n) is 3.82. The predicted molar refractivity (Wildman–Crippen MR) is 117 cm³/mol. The molecule has 1 aliphatic heterocycles. The second-order valence-electron chi connectivity index (χ2n) is 7.46. The molecular formula is C23H24ClN3O4. The number of methoxy groups -OCH3 is 2. The highest BCUT2D eigenvalue weighted by Crippen LogP contribution is 2.32. The van der Waals surface area contributed by atoms with Crippen molar-refractivity contribution < 1.29 is 18.8 Å². The van der Waals surface area contributed by atoms with Crippen molar-refractivity contribution in [2.24, 2.45) is 0 Å². The third-order valence-corrected chi connectivity index (χ3v) is 5.86. The number of rotatable bonds is 6. The maximum Gasteiger partial charge on any atom is 0.261 e. The summed E-state index contributed by atoms with van der Waals surface area (Å²) in [5.74, 6) is 2.66. The highest BCUT2D eigenvalue weighted by molar-refractivity contribution is 6.32. The first kappa shape index (κ1) is 21.2. The van der Waals surface area contributed by atoms with Crippen LogP contribution in [0.4, 0.5) is 0 Å². The Morgan fingerprint density at radius 2 is 1.87 bits per heavy atom. The summed E-state index contributed by atoms with van der Waals surface area (Å²) in [6, 6.07) is 13.0. The minimum atomic E-state index is 0.0857. The Kier molecular flexibility index (Phi) is 6.42. The maximum absolute atomic E-state index is 12.7. The lowest BCUT2D eigenvalue weighted by Crippen LogP contribution is -2.39. The van der Waals surface area contributed by atoms with Crippen LogP contribution in [-0.4, -0.2) is 48.3 Å². The van der Waals surface area contributed by atoms with Gasteiger partial charge < -0.3 is 18.9 Å². The van der Waals surface area contributed by atoms with Crippen molar-refractivity contribution in [3.8, 4) is 23.0 Å². The monoisotopic (exact) mass is 441 g/mol. The molecule has 162 valence electrons. The minimum Gasteiger partial charge on any atom is -0.496 e. The van der Waals surface area contributed by atoms with Gasteiger partial charge >= 0.3 is 0 Å². The number of likely N-dealkylation sites (tertiary alicyclic amines) is 1. The molecule has 8 heteroatoms. The first-order valence-corrected chi connectivity index (χ1v) is 10.5. The summed E-state index contributed by atoms with van der Waals surface area (Å²) < 4.78 is 16.0. The molecule has 0 atom stereocenters. The Morgan fingerprint density at radius 3 is 2.58 bits per heavy atom. The number of ether oxygens (including phenoxy) is 2. The molecule has 0 N–H and O–H groups in total. The highest BCUT2D eigenvalue weighted by Gasteiger charge is 2.27. The van der Waals surface area contributed by atoms with Gasteiger partial charge in [-0.25, -0.2) is 0 Å². The Hall–Kier alpha value is -3.06. The van der Waals surface area contributed by atoms with Crippen LogP contribution in [0.2, 0.25) is 5.02 Å². The zero-order chi connectivity index (χ0) is 21.8. The van der Waals surface area contributed by atoms with Gasteiger partial charge in [0.15, 0.2) is 5.82 Å². The molecule has 7 nitrogen and oxygen atoms in total. The van der Waals surface area contributed by atoms with Crippen LogP contribution >= 0.6 is 11.6 Å². The van der Waals surface area contributed by atoms with Gasteiger partial charge in [0, 0.05) is 19.0 Å². The largest absolute Gasteiger partial charge is 0.496 e. The van der Waals surface area contributed by atoms with Gasteiger partial charge in [-0.2, -0.15) is 4.98 Å². The number of amides is 1. The summed E-state index contributed by atoms with van der Waals surface area (Å²) in [5, 5.41) is 4.69. The van der Waals surface area contributed by atoms with Crippen molar-refractivity contribution in [3.63, 3.8) is 0 Å². The van der Waals surface area contributed by atoms with Crippen LogP contribution < -0.4 is 9.47 Å². The summed E-state index contributed by atoms with van der Waals surface area (Å²) in [4.78, 5) is 19.2. The van der Waals surface area contributed by atoms with E-state index in [9.17, 15) is 4.79 Å². The molecule has 1 aliphatic rings. The lowest BCUT2D eigenvalue weighted by molar-refractivity contribution is -0.131. The van der Waals surface area contributed by atoms with Gasteiger partial charge in [0.2, 0.25) is 5.91 Å². The van der Waals surface area contributed by atoms with Crippen molar-refractivity contribution in [3.05, 3.63) is 58.9 Å². The average Bonchev–Trinajstić information content (AvgIpc) is 3.29. The average molecular weight is 442 g/mol. The van der Waals surface area contributed by atoms with Crippen molar-refractivity contribution in [1.82, 2.24) is 15.0 Å². The molecule has 0 saturated carbocycles. The molecule has 0 bridgehead atoms. The van der Waals surface area contributed by atoms with E-state index < -0.39 is 0 Å². The Labute approximate surface area is 185 Å². The number of benzene rings is 2. The van der Waals surface area contributed by atoms with Crippen molar-refractivity contribution in [2.75, 3.05) is 27.3 Å². The van der Waals surface area contributed by atoms with E-state index in [1.807, 2.05) is 35.2 Å². The summed E-state index contributed by atoms with van der Waals surface area (Å²) in [6.07, 6.45) is 1.90. The summed E-state index contributed by atoms with van der Waals surface area (Å²) in [6.45, 7) is 1.32. The Bertz CT molecular complexity index is 1060. The van der Waals surface area contributed by atoms with E-state index in [0.29, 0.717) is 47.7 Å². The lowest BCUT2D eigenvalue weighted by atomic mass is 9.95. The molecular weight excluding hydrogens is 418 g/mol. The fraction of sp³-hybridized carbons (Fsp3) is 0.348. The van der Waals surface area contributed by atoms with Gasteiger partial charge in [0.1, 0.15) is 11.5 Å². The molecule has 0 radical (unpaired) electrons. The van der Waals surface area contributed by atoms with E-state index >= 15 is 0 Å². The number of hydrogen-bond donors (Lipinski definition) is 0. The molecule has 0 aliphatic carbocycles. The van der Waals surface area contributed by atoms with E-state index in [-0.39, 0.29) is 11.8 Å². The predicted octanol–water partition coefficient (Wildman–Crippen LogP) is 4.36. The number of halogens is 1. The Morgan fingerprint density at radius 1 is 1.13 bits per heavy atom. The number of nitrogens with zero attached hydrogens (tertiary/aromatic N) is 3. The van der Waals surface area contributed by atoms with Crippen LogP contribution in [0.15, 0.2) is 47.0 Å². The first-order valence-electron chi connectivity index (χ1n) is 10.2. The molecule has 3 aromatic rings. The summed E-state index contributed by atoms with van der Waals surface area (Å²) in [5.41, 5.74) is 1.65. The van der Waals surface area contributed by atoms with Crippen LogP contribution in [-0.2, 0) is 11.2 Å². The fourth-order valence-corrected chi connectivity index (χ4v) is 4.11. The quantitative estimate of drug-likeness (QED) is 0.565. The molecule has 31 heavy (non-hydrogen) atoms. The number of piperidine rings is 1. The zero-order valence-corrected chi connectivity index (χ0v) is 18.3. The molecule has 2 heterocycles. The van der Waals surface area contributed by atoms with Crippen LogP contribution in [0.3, 0.4) is 0 Å². The van der Waals surface area contributed by atoms with Crippen molar-refractivity contribution >= 4 is 17.5 Å². The zero-order valence-electron chi connectivity index (χ0n) is 17.5. The van der Waals surface area contributed by atoms with Gasteiger partial charge in [-0.05, 0) is 42.7 Å². The highest BCUT2D eigenvalue weighted by atomic mass is 35.5. The van der Waals surface area contributed by atoms with E-state index in [2.05, 4.69) is 10.1 Å². The molecule has 0 spiro atoms. The van der Waals surface area contributed by atoms with E-state index in [1.165, 1.54) is 0 Å². The molecule has 0 unspecified atom stereocenters. The standard InChI is InChI=1S/C23H24ClN3O4/c1-29-19-6-4-3-5-17(19)23-25-22(26-31-23)16-9-11-27(12-10-16)21(28)14-15-7-8-20(30-2)18(24)13-15/h3-8,13,16H,9-12,14H2,1-2H3. The van der Waals surface area contributed by atoms with E-state index in [0.717, 1.165) is 24.0 Å². The number of para-hydroxylation sites is 1. The minimum absolute atomic E-state index is 0.0857. The molecule has 1 saturated heterocycles. The van der Waals surface area contributed by atoms with Crippen molar-refractivity contribution in [2.45, 2.75) is 25.2 Å². The van der Waals surface area contributed by atoms with Gasteiger partial charge in [-0.3, -0.25) is 4.79 Å². The Balaban J connectivity index is 1.36. The van der Waals surface area contributed by atoms with Gasteiger partial charge in [-0.15, -0.1) is 0 Å². The van der Waals surface area contributed by atoms with Crippen molar-refractivity contribution in [1.29, 1.82) is 0 Å². The SMILES string of the molecule is COc1ccc(CC(=O)N2CCC(c3noc(-c4ccccc4OC)n3)CC2)cc1Cl. The number of carbonyl (C=O) groups excluding carboxylic acids is 1. The summed E-state index contributed by atoms with van der Waals surface area (Å²) in [7, 11) is 3.18. The number of aromatic nitrogens is 2. The van der Waals surface area contributed by atoms with Gasteiger partial charge in [0.25, 0.3) is 5.89 Å². The number of hydrogen-bond acceptors (Lipinski definition) is 6. The molecule has 1 fully saturated rings. The molecule has 1 amide bonds. The van der Waals surface area contributed by atoms with E-state index in [1.54, 1.807) is 26.4 Å². The van der Waals surface area contributed by atoms with Crippen LogP contribution in [0.5, 0.6) is 11.5 Å². The maximum atomic E-state index is 12.7. The second kappa shape index (κ2) is 9.39. The third-order valence-electron chi connectivity index (χ3n) is 5.56. The van der Waals surface area contributed by atoms with Crippen LogP contribution in [0.1, 0.15) is 30.1 Å². The molecule has 1 aromatic heterocycles. The molecule has 2 aromatic carbocycles. The third kappa shape index (κ3) is 4.66. The van der Waals surface area contributed by atoms with Gasteiger partial charge in [-0.1, -0.05) is 35.0 Å².